The lowest BCUT2D eigenvalue weighted by Crippen LogP contribution is -2.38. The van der Waals surface area contributed by atoms with E-state index < -0.39 is 0 Å². The Morgan fingerprint density at radius 3 is 2.80 bits per heavy atom. The number of carbonyl (C=O) groups excluding carboxylic acids is 1. The molecular formula is C16H17N7OS. The molecule has 4 heterocycles. The second kappa shape index (κ2) is 6.67. The number of amides is 1. The van der Waals surface area contributed by atoms with Crippen molar-refractivity contribution < 1.29 is 4.79 Å². The van der Waals surface area contributed by atoms with Gasteiger partial charge in [0.1, 0.15) is 12.7 Å². The lowest BCUT2D eigenvalue weighted by molar-refractivity contribution is 0.0701. The van der Waals surface area contributed by atoms with Crippen LogP contribution in [0.2, 0.25) is 0 Å². The molecule has 0 aromatic carbocycles. The second-order valence-corrected chi connectivity index (χ2v) is 6.99. The van der Waals surface area contributed by atoms with Gasteiger partial charge in [0, 0.05) is 25.2 Å². The molecule has 9 heteroatoms. The third-order valence-electron chi connectivity index (χ3n) is 4.38. The van der Waals surface area contributed by atoms with Gasteiger partial charge in [-0.25, -0.2) is 19.9 Å². The van der Waals surface area contributed by atoms with Crippen LogP contribution >= 0.6 is 11.3 Å². The number of aromatic amines is 1. The molecule has 3 aromatic rings. The van der Waals surface area contributed by atoms with E-state index >= 15 is 0 Å². The fraction of sp³-hybridized carbons (Fsp3) is 0.375. The first kappa shape index (κ1) is 15.8. The molecule has 1 aliphatic heterocycles. The van der Waals surface area contributed by atoms with E-state index in [0.29, 0.717) is 24.8 Å². The molecule has 1 amide bonds. The van der Waals surface area contributed by atoms with Crippen molar-refractivity contribution in [1.82, 2.24) is 35.0 Å². The number of nitrogens with one attached hydrogen (secondary N) is 1. The SMILES string of the molecule is Cc1nc(C2CCN(C(=O)c3ncn[nH]3)CC2)sc1-c1ccncn1. The van der Waals surface area contributed by atoms with Gasteiger partial charge in [-0.1, -0.05) is 0 Å². The van der Waals surface area contributed by atoms with E-state index in [1.807, 2.05) is 17.9 Å². The third-order valence-corrected chi connectivity index (χ3v) is 5.72. The molecule has 0 saturated carbocycles. The number of likely N-dealkylation sites (tertiary alicyclic amines) is 1. The van der Waals surface area contributed by atoms with Gasteiger partial charge >= 0.3 is 0 Å². The van der Waals surface area contributed by atoms with Crippen molar-refractivity contribution in [2.24, 2.45) is 0 Å². The smallest absolute Gasteiger partial charge is 0.291 e. The highest BCUT2D eigenvalue weighted by atomic mass is 32.1. The molecule has 0 spiro atoms. The summed E-state index contributed by atoms with van der Waals surface area (Å²) >= 11 is 1.69. The molecule has 8 nitrogen and oxygen atoms in total. The van der Waals surface area contributed by atoms with Gasteiger partial charge in [0.2, 0.25) is 5.82 Å². The summed E-state index contributed by atoms with van der Waals surface area (Å²) in [5.74, 6) is 0.584. The minimum Gasteiger partial charge on any atom is -0.336 e. The molecule has 1 fully saturated rings. The summed E-state index contributed by atoms with van der Waals surface area (Å²) in [5, 5.41) is 7.49. The van der Waals surface area contributed by atoms with E-state index in [2.05, 4.69) is 25.1 Å². The lowest BCUT2D eigenvalue weighted by Gasteiger charge is -2.30. The molecule has 0 radical (unpaired) electrons. The maximum absolute atomic E-state index is 12.3. The van der Waals surface area contributed by atoms with E-state index in [1.54, 1.807) is 23.9 Å². The highest BCUT2D eigenvalue weighted by Gasteiger charge is 2.28. The van der Waals surface area contributed by atoms with Gasteiger partial charge in [-0.2, -0.15) is 5.10 Å². The van der Waals surface area contributed by atoms with Gasteiger partial charge in [0.25, 0.3) is 5.91 Å². The number of aryl methyl sites for hydroxylation is 1. The number of carbonyl (C=O) groups is 1. The first-order valence-corrected chi connectivity index (χ1v) is 8.92. The summed E-state index contributed by atoms with van der Waals surface area (Å²) in [4.78, 5) is 32.2. The number of nitrogens with zero attached hydrogens (tertiary/aromatic N) is 6. The molecule has 0 aliphatic carbocycles. The summed E-state index contributed by atoms with van der Waals surface area (Å²) in [5.41, 5.74) is 1.91. The Bertz CT molecular complexity index is 854. The van der Waals surface area contributed by atoms with Crippen molar-refractivity contribution in [3.63, 3.8) is 0 Å². The monoisotopic (exact) mass is 355 g/mol. The van der Waals surface area contributed by atoms with E-state index in [0.717, 1.165) is 34.1 Å². The van der Waals surface area contributed by atoms with E-state index in [-0.39, 0.29) is 5.91 Å². The van der Waals surface area contributed by atoms with E-state index in [4.69, 9.17) is 4.98 Å². The van der Waals surface area contributed by atoms with Crippen LogP contribution in [0.15, 0.2) is 24.9 Å². The van der Waals surface area contributed by atoms with Crippen LogP contribution in [-0.4, -0.2) is 54.0 Å². The maximum Gasteiger partial charge on any atom is 0.291 e. The molecule has 25 heavy (non-hydrogen) atoms. The van der Waals surface area contributed by atoms with Gasteiger partial charge in [0.05, 0.1) is 21.3 Å². The molecule has 1 saturated heterocycles. The Morgan fingerprint density at radius 2 is 2.12 bits per heavy atom. The minimum absolute atomic E-state index is 0.0899. The molecule has 128 valence electrons. The first-order chi connectivity index (χ1) is 12.2. The Morgan fingerprint density at radius 1 is 1.28 bits per heavy atom. The van der Waals surface area contributed by atoms with Crippen LogP contribution in [0.1, 0.15) is 40.1 Å². The number of aromatic nitrogens is 6. The van der Waals surface area contributed by atoms with E-state index in [9.17, 15) is 4.79 Å². The normalized spacial score (nSPS) is 15.5. The fourth-order valence-corrected chi connectivity index (χ4v) is 4.26. The van der Waals surface area contributed by atoms with Crippen molar-refractivity contribution in [3.05, 3.63) is 41.4 Å². The maximum atomic E-state index is 12.3. The zero-order valence-corrected chi connectivity index (χ0v) is 14.5. The topological polar surface area (TPSA) is 101 Å². The number of piperidine rings is 1. The lowest BCUT2D eigenvalue weighted by atomic mass is 9.97. The minimum atomic E-state index is -0.0899. The summed E-state index contributed by atoms with van der Waals surface area (Å²) < 4.78 is 0. The van der Waals surface area contributed by atoms with Gasteiger partial charge in [-0.15, -0.1) is 11.3 Å². The standard InChI is InChI=1S/C16H17N7OS/c1-10-13(12-2-5-17-8-18-12)25-15(21-10)11-3-6-23(7-4-11)16(24)14-19-9-20-22-14/h2,5,8-9,11H,3-4,6-7H2,1H3,(H,19,20,22). The van der Waals surface area contributed by atoms with Crippen molar-refractivity contribution in [3.8, 4) is 10.6 Å². The zero-order chi connectivity index (χ0) is 17.2. The Hall–Kier alpha value is -2.68. The van der Waals surface area contributed by atoms with Crippen molar-refractivity contribution in [1.29, 1.82) is 0 Å². The Kier molecular flexibility index (Phi) is 4.22. The van der Waals surface area contributed by atoms with Crippen LogP contribution in [0.4, 0.5) is 0 Å². The molecule has 0 unspecified atom stereocenters. The highest BCUT2D eigenvalue weighted by Crippen LogP contribution is 2.36. The predicted octanol–water partition coefficient (Wildman–Crippen LogP) is 2.05. The number of thiazole rings is 1. The number of hydrogen-bond acceptors (Lipinski definition) is 7. The van der Waals surface area contributed by atoms with Crippen LogP contribution in [0, 0.1) is 6.92 Å². The highest BCUT2D eigenvalue weighted by molar-refractivity contribution is 7.15. The van der Waals surface area contributed by atoms with Gasteiger partial charge < -0.3 is 4.90 Å². The quantitative estimate of drug-likeness (QED) is 0.772. The molecule has 1 aliphatic rings. The summed E-state index contributed by atoms with van der Waals surface area (Å²) in [6.07, 6.45) is 6.45. The van der Waals surface area contributed by atoms with Gasteiger partial charge in [-0.3, -0.25) is 9.89 Å². The number of H-pyrrole nitrogens is 1. The summed E-state index contributed by atoms with van der Waals surface area (Å²) in [6, 6.07) is 1.91. The molecule has 4 rings (SSSR count). The van der Waals surface area contributed by atoms with Gasteiger partial charge in [-0.05, 0) is 25.8 Å². The predicted molar refractivity (Wildman–Crippen MR) is 92.1 cm³/mol. The average molecular weight is 355 g/mol. The molecule has 1 N–H and O–H groups in total. The third kappa shape index (κ3) is 3.14. The van der Waals surface area contributed by atoms with Crippen LogP contribution in [0.5, 0.6) is 0 Å². The summed E-state index contributed by atoms with van der Waals surface area (Å²) in [6.45, 7) is 3.41. The van der Waals surface area contributed by atoms with Crippen LogP contribution in [0.25, 0.3) is 10.6 Å². The molecule has 3 aromatic heterocycles. The second-order valence-electron chi connectivity index (χ2n) is 5.96. The molecular weight excluding hydrogens is 338 g/mol. The van der Waals surface area contributed by atoms with Crippen molar-refractivity contribution >= 4 is 17.2 Å². The largest absolute Gasteiger partial charge is 0.336 e. The first-order valence-electron chi connectivity index (χ1n) is 8.10. The van der Waals surface area contributed by atoms with Crippen LogP contribution < -0.4 is 0 Å². The molecule has 0 bridgehead atoms. The summed E-state index contributed by atoms with van der Waals surface area (Å²) in [7, 11) is 0. The zero-order valence-electron chi connectivity index (χ0n) is 13.7. The number of hydrogen-bond donors (Lipinski definition) is 1. The van der Waals surface area contributed by atoms with Crippen LogP contribution in [0.3, 0.4) is 0 Å². The van der Waals surface area contributed by atoms with Crippen molar-refractivity contribution in [2.45, 2.75) is 25.7 Å². The van der Waals surface area contributed by atoms with E-state index in [1.165, 1.54) is 6.33 Å². The molecule has 0 atom stereocenters. The average Bonchev–Trinajstić information content (AvgIpc) is 3.32. The number of rotatable bonds is 3. The van der Waals surface area contributed by atoms with Crippen LogP contribution in [-0.2, 0) is 0 Å². The van der Waals surface area contributed by atoms with Crippen molar-refractivity contribution in [2.75, 3.05) is 13.1 Å². The Labute approximate surface area is 148 Å². The van der Waals surface area contributed by atoms with Gasteiger partial charge in [0.15, 0.2) is 0 Å². The fourth-order valence-electron chi connectivity index (χ4n) is 3.04. The Balaban J connectivity index is 1.46.